The van der Waals surface area contributed by atoms with Crippen molar-refractivity contribution in [1.82, 2.24) is 10.2 Å². The van der Waals surface area contributed by atoms with Gasteiger partial charge in [0.2, 0.25) is 0 Å². The smallest absolute Gasteiger partial charge is 0.253 e. The number of amides is 1. The van der Waals surface area contributed by atoms with Crippen LogP contribution >= 0.6 is 0 Å². The zero-order valence-corrected chi connectivity index (χ0v) is 11.9. The number of nitrogens with one attached hydrogen (secondary N) is 1. The van der Waals surface area contributed by atoms with Crippen LogP contribution in [-0.2, 0) is 0 Å². The minimum Gasteiger partial charge on any atom is -0.398 e. The van der Waals surface area contributed by atoms with E-state index in [1.807, 2.05) is 19.1 Å². The Hall–Kier alpha value is -1.55. The van der Waals surface area contributed by atoms with Gasteiger partial charge in [-0.05, 0) is 45.9 Å². The molecular weight excluding hydrogens is 238 g/mol. The lowest BCUT2D eigenvalue weighted by Gasteiger charge is -2.35. The second kappa shape index (κ2) is 5.61. The number of piperidine rings is 1. The molecule has 1 amide bonds. The molecule has 1 heterocycles. The van der Waals surface area contributed by atoms with Crippen LogP contribution in [0.3, 0.4) is 0 Å². The lowest BCUT2D eigenvalue weighted by molar-refractivity contribution is 0.0897. The molecule has 1 fully saturated rings. The van der Waals surface area contributed by atoms with E-state index in [2.05, 4.69) is 24.2 Å². The van der Waals surface area contributed by atoms with Crippen LogP contribution in [0, 0.1) is 6.92 Å². The van der Waals surface area contributed by atoms with Gasteiger partial charge in [-0.1, -0.05) is 11.6 Å². The summed E-state index contributed by atoms with van der Waals surface area (Å²) in [6.07, 6.45) is 1.99. The highest BCUT2D eigenvalue weighted by Crippen LogP contribution is 2.18. The number of rotatable bonds is 2. The van der Waals surface area contributed by atoms with Gasteiger partial charge in [0.05, 0.1) is 5.56 Å². The van der Waals surface area contributed by atoms with Gasteiger partial charge in [-0.25, -0.2) is 0 Å². The highest BCUT2D eigenvalue weighted by molar-refractivity contribution is 5.99. The monoisotopic (exact) mass is 261 g/mol. The van der Waals surface area contributed by atoms with Gasteiger partial charge in [-0.15, -0.1) is 0 Å². The first kappa shape index (κ1) is 13.9. The first-order chi connectivity index (χ1) is 8.97. The SMILES string of the molecule is Cc1ccc(N)c(C(=O)NC2CCN(C)C(C)C2)c1. The molecule has 2 unspecified atom stereocenters. The highest BCUT2D eigenvalue weighted by atomic mass is 16.1. The number of aryl methyl sites for hydroxylation is 1. The molecule has 0 aromatic heterocycles. The van der Waals surface area contributed by atoms with E-state index < -0.39 is 0 Å². The van der Waals surface area contributed by atoms with Crippen molar-refractivity contribution < 1.29 is 4.79 Å². The standard InChI is InChI=1S/C15H23N3O/c1-10-4-5-14(16)13(8-10)15(19)17-12-6-7-18(3)11(2)9-12/h4-5,8,11-12H,6-7,9,16H2,1-3H3,(H,17,19). The topological polar surface area (TPSA) is 58.4 Å². The first-order valence-corrected chi connectivity index (χ1v) is 6.84. The average molecular weight is 261 g/mol. The Balaban J connectivity index is 2.03. The third kappa shape index (κ3) is 3.26. The number of carbonyl (C=O) groups excluding carboxylic acids is 1. The van der Waals surface area contributed by atoms with E-state index in [9.17, 15) is 4.79 Å². The molecule has 1 aliphatic rings. The fraction of sp³-hybridized carbons (Fsp3) is 0.533. The number of nitrogen functional groups attached to an aromatic ring is 1. The summed E-state index contributed by atoms with van der Waals surface area (Å²) in [4.78, 5) is 14.6. The lowest BCUT2D eigenvalue weighted by Crippen LogP contribution is -2.47. The van der Waals surface area contributed by atoms with Crippen LogP contribution in [0.4, 0.5) is 5.69 Å². The van der Waals surface area contributed by atoms with Crippen LogP contribution in [0.25, 0.3) is 0 Å². The van der Waals surface area contributed by atoms with Crippen LogP contribution < -0.4 is 11.1 Å². The van der Waals surface area contributed by atoms with E-state index in [-0.39, 0.29) is 11.9 Å². The number of nitrogens with zero attached hydrogens (tertiary/aromatic N) is 1. The Bertz CT molecular complexity index is 472. The van der Waals surface area contributed by atoms with Crippen molar-refractivity contribution in [3.63, 3.8) is 0 Å². The van der Waals surface area contributed by atoms with Crippen molar-refractivity contribution in [3.8, 4) is 0 Å². The molecule has 104 valence electrons. The summed E-state index contributed by atoms with van der Waals surface area (Å²) in [5.74, 6) is -0.0528. The van der Waals surface area contributed by atoms with E-state index in [0.29, 0.717) is 17.3 Å². The van der Waals surface area contributed by atoms with Gasteiger partial charge in [0.15, 0.2) is 0 Å². The molecule has 1 saturated heterocycles. The second-order valence-corrected chi connectivity index (χ2v) is 5.62. The van der Waals surface area contributed by atoms with E-state index in [1.165, 1.54) is 0 Å². The van der Waals surface area contributed by atoms with Gasteiger partial charge in [-0.2, -0.15) is 0 Å². The molecule has 0 spiro atoms. The molecule has 19 heavy (non-hydrogen) atoms. The summed E-state index contributed by atoms with van der Waals surface area (Å²) in [7, 11) is 2.13. The minimum atomic E-state index is -0.0528. The van der Waals surface area contributed by atoms with Gasteiger partial charge in [-0.3, -0.25) is 4.79 Å². The summed E-state index contributed by atoms with van der Waals surface area (Å²) >= 11 is 0. The summed E-state index contributed by atoms with van der Waals surface area (Å²) < 4.78 is 0. The predicted molar refractivity (Wildman–Crippen MR) is 78.2 cm³/mol. The number of carbonyl (C=O) groups is 1. The number of nitrogens with two attached hydrogens (primary N) is 1. The van der Waals surface area contributed by atoms with Crippen molar-refractivity contribution in [3.05, 3.63) is 29.3 Å². The van der Waals surface area contributed by atoms with Crippen LogP contribution in [0.5, 0.6) is 0 Å². The molecule has 1 aromatic rings. The molecule has 0 saturated carbocycles. The van der Waals surface area contributed by atoms with E-state index in [0.717, 1.165) is 24.9 Å². The maximum Gasteiger partial charge on any atom is 0.253 e. The Morgan fingerprint density at radius 3 is 2.89 bits per heavy atom. The molecule has 0 radical (unpaired) electrons. The summed E-state index contributed by atoms with van der Waals surface area (Å²) in [6, 6.07) is 6.32. The van der Waals surface area contributed by atoms with Crippen LogP contribution in [0.2, 0.25) is 0 Å². The number of likely N-dealkylation sites (tertiary alicyclic amines) is 1. The number of benzene rings is 1. The number of hydrogen-bond donors (Lipinski definition) is 2. The van der Waals surface area contributed by atoms with Crippen molar-refractivity contribution in [2.45, 2.75) is 38.8 Å². The second-order valence-electron chi connectivity index (χ2n) is 5.62. The van der Waals surface area contributed by atoms with Crippen molar-refractivity contribution >= 4 is 11.6 Å². The van der Waals surface area contributed by atoms with Crippen molar-refractivity contribution in [1.29, 1.82) is 0 Å². The summed E-state index contributed by atoms with van der Waals surface area (Å²) in [5, 5.41) is 3.11. The quantitative estimate of drug-likeness (QED) is 0.798. The van der Waals surface area contributed by atoms with E-state index >= 15 is 0 Å². The molecule has 1 aromatic carbocycles. The van der Waals surface area contributed by atoms with Crippen LogP contribution in [0.1, 0.15) is 35.7 Å². The maximum absolute atomic E-state index is 12.3. The molecule has 4 nitrogen and oxygen atoms in total. The van der Waals surface area contributed by atoms with Crippen LogP contribution in [-0.4, -0.2) is 36.5 Å². The minimum absolute atomic E-state index is 0.0528. The van der Waals surface area contributed by atoms with Crippen LogP contribution in [0.15, 0.2) is 18.2 Å². The maximum atomic E-state index is 12.3. The van der Waals surface area contributed by atoms with Crippen molar-refractivity contribution in [2.24, 2.45) is 0 Å². The Labute approximate surface area is 115 Å². The first-order valence-electron chi connectivity index (χ1n) is 6.84. The van der Waals surface area contributed by atoms with Crippen molar-refractivity contribution in [2.75, 3.05) is 19.3 Å². The molecule has 0 bridgehead atoms. The molecule has 2 atom stereocenters. The van der Waals surface area contributed by atoms with Gasteiger partial charge >= 0.3 is 0 Å². The van der Waals surface area contributed by atoms with Gasteiger partial charge in [0.25, 0.3) is 5.91 Å². The molecule has 3 N–H and O–H groups in total. The van der Waals surface area contributed by atoms with Gasteiger partial charge < -0.3 is 16.0 Å². The molecule has 1 aliphatic heterocycles. The summed E-state index contributed by atoms with van der Waals surface area (Å²) in [5.41, 5.74) is 8.06. The molecule has 2 rings (SSSR count). The van der Waals surface area contributed by atoms with Gasteiger partial charge in [0.1, 0.15) is 0 Å². The Kier molecular flexibility index (Phi) is 4.10. The fourth-order valence-corrected chi connectivity index (χ4v) is 2.55. The van der Waals surface area contributed by atoms with E-state index in [4.69, 9.17) is 5.73 Å². The highest BCUT2D eigenvalue weighted by Gasteiger charge is 2.24. The Morgan fingerprint density at radius 1 is 1.47 bits per heavy atom. The molecule has 4 heteroatoms. The third-order valence-electron chi connectivity index (χ3n) is 4.00. The predicted octanol–water partition coefficient (Wildman–Crippen LogP) is 1.79. The number of hydrogen-bond acceptors (Lipinski definition) is 3. The Morgan fingerprint density at radius 2 is 2.21 bits per heavy atom. The zero-order chi connectivity index (χ0) is 14.0. The van der Waals surface area contributed by atoms with E-state index in [1.54, 1.807) is 6.07 Å². The largest absolute Gasteiger partial charge is 0.398 e. The lowest BCUT2D eigenvalue weighted by atomic mass is 9.98. The normalized spacial score (nSPS) is 24.2. The third-order valence-corrected chi connectivity index (χ3v) is 4.00. The molecular formula is C15H23N3O. The summed E-state index contributed by atoms with van der Waals surface area (Å²) in [6.45, 7) is 5.18. The fourth-order valence-electron chi connectivity index (χ4n) is 2.55. The molecule has 0 aliphatic carbocycles. The van der Waals surface area contributed by atoms with Gasteiger partial charge in [0, 0.05) is 24.3 Å². The average Bonchev–Trinajstić information content (AvgIpc) is 2.36. The number of anilines is 1. The zero-order valence-electron chi connectivity index (χ0n) is 11.9.